The molecular weight excluding hydrogens is 356 g/mol. The number of hydrogen-bond donors (Lipinski definition) is 1. The number of anilines is 1. The molecule has 126 valence electrons. The molecule has 3 aromatic heterocycles. The van der Waals surface area contributed by atoms with E-state index in [9.17, 15) is 0 Å². The van der Waals surface area contributed by atoms with Gasteiger partial charge in [0.2, 0.25) is 0 Å². The summed E-state index contributed by atoms with van der Waals surface area (Å²) in [5, 5.41) is 5.23. The maximum absolute atomic E-state index is 5.82. The minimum Gasteiger partial charge on any atom is -0.384 e. The number of thioether (sulfide) groups is 2. The molecule has 0 saturated carbocycles. The van der Waals surface area contributed by atoms with Crippen LogP contribution in [0.1, 0.15) is 31.0 Å². The van der Waals surface area contributed by atoms with E-state index in [-0.39, 0.29) is 0 Å². The third-order valence-corrected chi connectivity index (χ3v) is 6.10. The standard InChI is InChI=1S/C17H20N4S3/c1-10(2)13-9-24-14-8-19-11(6-12(13)14)4-5-23-17-20-15(18)7-16(21-17)22-3/h6-10H,4-5H2,1-3H3,(H2,18,20,21). The van der Waals surface area contributed by atoms with E-state index < -0.39 is 0 Å². The smallest absolute Gasteiger partial charge is 0.190 e. The van der Waals surface area contributed by atoms with E-state index in [0.29, 0.717) is 11.7 Å². The van der Waals surface area contributed by atoms with Crippen molar-refractivity contribution < 1.29 is 0 Å². The molecule has 3 rings (SSSR count). The molecule has 0 aliphatic heterocycles. The summed E-state index contributed by atoms with van der Waals surface area (Å²) in [7, 11) is 0. The Labute approximate surface area is 154 Å². The highest BCUT2D eigenvalue weighted by atomic mass is 32.2. The second-order valence-corrected chi connectivity index (χ2v) is 8.53. The van der Waals surface area contributed by atoms with Crippen molar-refractivity contribution in [1.29, 1.82) is 0 Å². The molecule has 24 heavy (non-hydrogen) atoms. The average Bonchev–Trinajstić information content (AvgIpc) is 2.97. The summed E-state index contributed by atoms with van der Waals surface area (Å²) in [6.07, 6.45) is 4.87. The van der Waals surface area contributed by atoms with Gasteiger partial charge in [-0.05, 0) is 41.0 Å². The van der Waals surface area contributed by atoms with Crippen LogP contribution in [0.3, 0.4) is 0 Å². The lowest BCUT2D eigenvalue weighted by Gasteiger charge is -2.06. The zero-order chi connectivity index (χ0) is 17.1. The molecule has 0 radical (unpaired) electrons. The first kappa shape index (κ1) is 17.5. The first-order valence-electron chi connectivity index (χ1n) is 7.74. The van der Waals surface area contributed by atoms with E-state index in [1.54, 1.807) is 40.9 Å². The van der Waals surface area contributed by atoms with Gasteiger partial charge in [0.25, 0.3) is 0 Å². The Hall–Kier alpha value is -1.31. The van der Waals surface area contributed by atoms with Crippen molar-refractivity contribution in [3.63, 3.8) is 0 Å². The third kappa shape index (κ3) is 4.02. The molecule has 0 unspecified atom stereocenters. The number of nitrogens with two attached hydrogens (primary N) is 1. The minimum atomic E-state index is 0.524. The highest BCUT2D eigenvalue weighted by Gasteiger charge is 2.09. The second kappa shape index (κ2) is 7.72. The summed E-state index contributed by atoms with van der Waals surface area (Å²) >= 11 is 4.98. The van der Waals surface area contributed by atoms with E-state index in [2.05, 4.69) is 40.2 Å². The van der Waals surface area contributed by atoms with Crippen molar-refractivity contribution in [2.75, 3.05) is 17.7 Å². The predicted octanol–water partition coefficient (Wildman–Crippen LogP) is 4.85. The Bertz CT molecular complexity index is 845. The molecule has 3 heterocycles. The lowest BCUT2D eigenvalue weighted by Crippen LogP contribution is -1.98. The monoisotopic (exact) mass is 376 g/mol. The van der Waals surface area contributed by atoms with Crippen LogP contribution >= 0.6 is 34.9 Å². The van der Waals surface area contributed by atoms with Crippen LogP contribution in [0, 0.1) is 0 Å². The van der Waals surface area contributed by atoms with Gasteiger partial charge in [-0.15, -0.1) is 23.1 Å². The fourth-order valence-corrected chi connectivity index (χ4v) is 4.79. The first-order chi connectivity index (χ1) is 11.6. The molecule has 4 nitrogen and oxygen atoms in total. The topological polar surface area (TPSA) is 64.7 Å². The zero-order valence-electron chi connectivity index (χ0n) is 13.9. The van der Waals surface area contributed by atoms with Crippen LogP contribution in [0.5, 0.6) is 0 Å². The molecule has 2 N–H and O–H groups in total. The van der Waals surface area contributed by atoms with Gasteiger partial charge in [0.15, 0.2) is 5.16 Å². The Kier molecular flexibility index (Phi) is 5.63. The van der Waals surface area contributed by atoms with E-state index >= 15 is 0 Å². The minimum absolute atomic E-state index is 0.524. The van der Waals surface area contributed by atoms with Crippen molar-refractivity contribution in [2.24, 2.45) is 0 Å². The van der Waals surface area contributed by atoms with Gasteiger partial charge in [-0.1, -0.05) is 25.6 Å². The Morgan fingerprint density at radius 2 is 2.08 bits per heavy atom. The number of nitrogens with zero attached hydrogens (tertiary/aromatic N) is 3. The van der Waals surface area contributed by atoms with Crippen molar-refractivity contribution in [1.82, 2.24) is 15.0 Å². The van der Waals surface area contributed by atoms with Crippen LogP contribution < -0.4 is 5.73 Å². The first-order valence-corrected chi connectivity index (χ1v) is 10.8. The molecule has 0 fully saturated rings. The number of thiophene rings is 1. The number of rotatable bonds is 6. The maximum atomic E-state index is 5.82. The number of aryl methyl sites for hydroxylation is 1. The van der Waals surface area contributed by atoms with Crippen LogP contribution in [0.2, 0.25) is 0 Å². The van der Waals surface area contributed by atoms with Gasteiger partial charge >= 0.3 is 0 Å². The number of fused-ring (bicyclic) bond motifs is 1. The Balaban J connectivity index is 1.69. The molecular formula is C17H20N4S3. The lowest BCUT2D eigenvalue weighted by atomic mass is 10.0. The van der Waals surface area contributed by atoms with Gasteiger partial charge < -0.3 is 5.73 Å². The van der Waals surface area contributed by atoms with Crippen molar-refractivity contribution >= 4 is 50.8 Å². The van der Waals surface area contributed by atoms with Crippen LogP contribution in [-0.2, 0) is 6.42 Å². The molecule has 3 aromatic rings. The summed E-state index contributed by atoms with van der Waals surface area (Å²) in [5.41, 5.74) is 8.35. The molecule has 0 aliphatic rings. The number of hydrogen-bond acceptors (Lipinski definition) is 7. The lowest BCUT2D eigenvalue weighted by molar-refractivity contribution is 0.879. The molecule has 0 bridgehead atoms. The Morgan fingerprint density at radius 1 is 1.25 bits per heavy atom. The summed E-state index contributed by atoms with van der Waals surface area (Å²) in [6.45, 7) is 4.47. The number of nitrogen functional groups attached to an aromatic ring is 1. The van der Waals surface area contributed by atoms with E-state index in [1.165, 1.54) is 15.6 Å². The van der Waals surface area contributed by atoms with Gasteiger partial charge in [-0.2, -0.15) is 0 Å². The normalized spacial score (nSPS) is 11.5. The maximum Gasteiger partial charge on any atom is 0.190 e. The van der Waals surface area contributed by atoms with Crippen LogP contribution in [0.4, 0.5) is 5.82 Å². The van der Waals surface area contributed by atoms with Crippen LogP contribution in [-0.4, -0.2) is 27.0 Å². The SMILES string of the molecule is CSc1cc(N)nc(SCCc2cc3c(C(C)C)csc3cn2)n1. The van der Waals surface area contributed by atoms with Gasteiger partial charge in [0.05, 0.1) is 4.70 Å². The molecule has 0 atom stereocenters. The van der Waals surface area contributed by atoms with Gasteiger partial charge in [-0.3, -0.25) is 4.98 Å². The molecule has 0 aromatic carbocycles. The Morgan fingerprint density at radius 3 is 2.83 bits per heavy atom. The zero-order valence-corrected chi connectivity index (χ0v) is 16.4. The highest BCUT2D eigenvalue weighted by molar-refractivity contribution is 7.99. The predicted molar refractivity (Wildman–Crippen MR) is 106 cm³/mol. The summed E-state index contributed by atoms with van der Waals surface area (Å²) in [4.78, 5) is 13.4. The average molecular weight is 377 g/mol. The molecule has 0 spiro atoms. The van der Waals surface area contributed by atoms with Crippen LogP contribution in [0.15, 0.2) is 33.9 Å². The van der Waals surface area contributed by atoms with Gasteiger partial charge in [0, 0.05) is 23.7 Å². The molecule has 7 heteroatoms. The van der Waals surface area contributed by atoms with Crippen molar-refractivity contribution in [3.8, 4) is 0 Å². The van der Waals surface area contributed by atoms with E-state index in [4.69, 9.17) is 5.73 Å². The summed E-state index contributed by atoms with van der Waals surface area (Å²) in [5.74, 6) is 1.95. The third-order valence-electron chi connectivity index (χ3n) is 3.67. The van der Waals surface area contributed by atoms with Gasteiger partial charge in [0.1, 0.15) is 10.8 Å². The molecule has 0 amide bonds. The summed E-state index contributed by atoms with van der Waals surface area (Å²) < 4.78 is 1.26. The van der Waals surface area contributed by atoms with E-state index in [1.807, 2.05) is 12.5 Å². The fourth-order valence-electron chi connectivity index (χ4n) is 2.42. The largest absolute Gasteiger partial charge is 0.384 e. The number of aromatic nitrogens is 3. The highest BCUT2D eigenvalue weighted by Crippen LogP contribution is 2.31. The summed E-state index contributed by atoms with van der Waals surface area (Å²) in [6, 6.07) is 4.03. The molecule has 0 saturated heterocycles. The van der Waals surface area contributed by atoms with E-state index in [0.717, 1.165) is 28.0 Å². The van der Waals surface area contributed by atoms with Crippen LogP contribution in [0.25, 0.3) is 10.1 Å². The fraction of sp³-hybridized carbons (Fsp3) is 0.353. The van der Waals surface area contributed by atoms with Crippen molar-refractivity contribution in [3.05, 3.63) is 35.0 Å². The second-order valence-electron chi connectivity index (χ2n) is 5.73. The quantitative estimate of drug-likeness (QED) is 0.377. The van der Waals surface area contributed by atoms with Crippen molar-refractivity contribution in [2.45, 2.75) is 36.4 Å². The molecule has 0 aliphatic carbocycles. The number of pyridine rings is 1. The van der Waals surface area contributed by atoms with Gasteiger partial charge in [-0.25, -0.2) is 9.97 Å².